The molecule has 0 saturated heterocycles. The van der Waals surface area contributed by atoms with Crippen LogP contribution in [0.2, 0.25) is 0 Å². The highest BCUT2D eigenvalue weighted by molar-refractivity contribution is 5.77. The molecule has 0 radical (unpaired) electrons. The lowest BCUT2D eigenvalue weighted by molar-refractivity contribution is -0.117. The highest BCUT2D eigenvalue weighted by Gasteiger charge is 2.27. The maximum atomic E-state index is 11.6. The van der Waals surface area contributed by atoms with Crippen molar-refractivity contribution in [3.8, 4) is 0 Å². The monoisotopic (exact) mass is 241 g/mol. The summed E-state index contributed by atoms with van der Waals surface area (Å²) in [5.41, 5.74) is 4.99. The second-order valence-corrected chi connectivity index (χ2v) is 4.99. The number of carbonyl (C=O) groups excluding carboxylic acids is 2. The Morgan fingerprint density at radius 3 is 2.65 bits per heavy atom. The minimum absolute atomic E-state index is 0.185. The van der Waals surface area contributed by atoms with Gasteiger partial charge in [0.1, 0.15) is 0 Å². The van der Waals surface area contributed by atoms with Gasteiger partial charge in [0.25, 0.3) is 0 Å². The summed E-state index contributed by atoms with van der Waals surface area (Å²) >= 11 is 0. The Morgan fingerprint density at radius 2 is 2.00 bits per heavy atom. The Labute approximate surface area is 103 Å². The van der Waals surface area contributed by atoms with Gasteiger partial charge in [0.2, 0.25) is 5.91 Å². The van der Waals surface area contributed by atoms with Gasteiger partial charge in [-0.3, -0.25) is 4.79 Å². The number of hydrogen-bond donors (Lipinski definition) is 3. The van der Waals surface area contributed by atoms with Gasteiger partial charge in [-0.2, -0.15) is 0 Å². The molecular formula is C12H23N3O2. The lowest BCUT2D eigenvalue weighted by atomic mass is 9.78. The van der Waals surface area contributed by atoms with Crippen LogP contribution < -0.4 is 16.4 Å². The van der Waals surface area contributed by atoms with E-state index in [9.17, 15) is 9.59 Å². The van der Waals surface area contributed by atoms with Crippen LogP contribution in [0.1, 0.15) is 39.5 Å². The lowest BCUT2D eigenvalue weighted by Crippen LogP contribution is -2.48. The predicted octanol–water partition coefficient (Wildman–Crippen LogP) is 0.986. The van der Waals surface area contributed by atoms with E-state index in [0.29, 0.717) is 18.4 Å². The minimum Gasteiger partial charge on any atom is -0.370 e. The molecule has 3 unspecified atom stereocenters. The Kier molecular flexibility index (Phi) is 5.25. The predicted molar refractivity (Wildman–Crippen MR) is 66.3 cm³/mol. The molecular weight excluding hydrogens is 218 g/mol. The van der Waals surface area contributed by atoms with Crippen LogP contribution in [0, 0.1) is 11.8 Å². The van der Waals surface area contributed by atoms with Crippen molar-refractivity contribution >= 4 is 11.9 Å². The fourth-order valence-electron chi connectivity index (χ4n) is 2.30. The molecule has 0 aromatic heterocycles. The third kappa shape index (κ3) is 4.63. The first-order valence-electron chi connectivity index (χ1n) is 6.33. The van der Waals surface area contributed by atoms with Crippen LogP contribution in [0.15, 0.2) is 0 Å². The van der Waals surface area contributed by atoms with E-state index in [1.807, 2.05) is 0 Å². The molecule has 0 heterocycles. The van der Waals surface area contributed by atoms with Gasteiger partial charge >= 0.3 is 6.03 Å². The summed E-state index contributed by atoms with van der Waals surface area (Å²) in [6.07, 6.45) is 3.62. The Balaban J connectivity index is 2.27. The van der Waals surface area contributed by atoms with Gasteiger partial charge in [-0.15, -0.1) is 0 Å². The molecule has 3 amide bonds. The van der Waals surface area contributed by atoms with Crippen LogP contribution in [0.5, 0.6) is 0 Å². The number of primary amides is 1. The summed E-state index contributed by atoms with van der Waals surface area (Å²) < 4.78 is 0. The molecule has 5 heteroatoms. The van der Waals surface area contributed by atoms with Crippen molar-refractivity contribution in [1.82, 2.24) is 10.6 Å². The van der Waals surface area contributed by atoms with Gasteiger partial charge in [0.15, 0.2) is 0 Å². The van der Waals surface area contributed by atoms with Gasteiger partial charge in [0, 0.05) is 19.0 Å². The summed E-state index contributed by atoms with van der Waals surface area (Å²) in [4.78, 5) is 22.1. The van der Waals surface area contributed by atoms with Crippen LogP contribution in [0.4, 0.5) is 4.79 Å². The zero-order valence-corrected chi connectivity index (χ0v) is 10.7. The third-order valence-corrected chi connectivity index (χ3v) is 3.68. The van der Waals surface area contributed by atoms with Crippen molar-refractivity contribution in [1.29, 1.82) is 0 Å². The minimum atomic E-state index is -0.398. The molecule has 0 aromatic carbocycles. The standard InChI is InChI=1S/C12H23N3O2/c1-8-4-3-5-10(9(8)2)15-12(17)14-7-6-11(13)16/h8-10H,3-7H2,1-2H3,(H2,13,16)(H2,14,15,17). The SMILES string of the molecule is CC1CCCC(NC(=O)NCCC(N)=O)C1C. The largest absolute Gasteiger partial charge is 0.370 e. The molecule has 1 rings (SSSR count). The third-order valence-electron chi connectivity index (χ3n) is 3.68. The van der Waals surface area contributed by atoms with E-state index in [4.69, 9.17) is 5.73 Å². The maximum absolute atomic E-state index is 11.6. The highest BCUT2D eigenvalue weighted by atomic mass is 16.2. The molecule has 0 aliphatic heterocycles. The Bertz CT molecular complexity index is 281. The highest BCUT2D eigenvalue weighted by Crippen LogP contribution is 2.29. The zero-order valence-electron chi connectivity index (χ0n) is 10.7. The van der Waals surface area contributed by atoms with Crippen LogP contribution in [0.25, 0.3) is 0 Å². The van der Waals surface area contributed by atoms with Crippen molar-refractivity contribution < 1.29 is 9.59 Å². The van der Waals surface area contributed by atoms with E-state index in [2.05, 4.69) is 24.5 Å². The molecule has 1 aliphatic carbocycles. The van der Waals surface area contributed by atoms with E-state index in [1.54, 1.807) is 0 Å². The molecule has 1 fully saturated rings. The average Bonchev–Trinajstić information content (AvgIpc) is 2.24. The molecule has 4 N–H and O–H groups in total. The smallest absolute Gasteiger partial charge is 0.315 e. The lowest BCUT2D eigenvalue weighted by Gasteiger charge is -2.34. The number of amides is 3. The van der Waals surface area contributed by atoms with E-state index in [0.717, 1.165) is 12.8 Å². The van der Waals surface area contributed by atoms with Crippen LogP contribution in [0.3, 0.4) is 0 Å². The molecule has 1 aliphatic rings. The molecule has 3 atom stereocenters. The molecule has 17 heavy (non-hydrogen) atoms. The van der Waals surface area contributed by atoms with Crippen LogP contribution >= 0.6 is 0 Å². The normalized spacial score (nSPS) is 28.5. The zero-order chi connectivity index (χ0) is 12.8. The number of hydrogen-bond acceptors (Lipinski definition) is 2. The van der Waals surface area contributed by atoms with Gasteiger partial charge in [-0.05, 0) is 18.3 Å². The van der Waals surface area contributed by atoms with Crippen LogP contribution in [-0.4, -0.2) is 24.5 Å². The van der Waals surface area contributed by atoms with Crippen molar-refractivity contribution in [3.05, 3.63) is 0 Å². The van der Waals surface area contributed by atoms with Crippen molar-refractivity contribution in [2.45, 2.75) is 45.6 Å². The molecule has 0 spiro atoms. The summed E-state index contributed by atoms with van der Waals surface area (Å²) in [6, 6.07) is 0.0459. The van der Waals surface area contributed by atoms with E-state index in [1.165, 1.54) is 6.42 Å². The van der Waals surface area contributed by atoms with E-state index >= 15 is 0 Å². The number of nitrogens with two attached hydrogens (primary N) is 1. The first-order valence-corrected chi connectivity index (χ1v) is 6.33. The second-order valence-electron chi connectivity index (χ2n) is 4.99. The maximum Gasteiger partial charge on any atom is 0.315 e. The molecule has 0 aromatic rings. The summed E-state index contributed by atoms with van der Waals surface area (Å²) in [5, 5.41) is 5.62. The van der Waals surface area contributed by atoms with E-state index in [-0.39, 0.29) is 18.5 Å². The first-order chi connectivity index (χ1) is 8.00. The average molecular weight is 241 g/mol. The van der Waals surface area contributed by atoms with Gasteiger partial charge in [-0.25, -0.2) is 4.79 Å². The summed E-state index contributed by atoms with van der Waals surface area (Å²) in [5.74, 6) is 0.760. The molecule has 98 valence electrons. The molecule has 1 saturated carbocycles. The first kappa shape index (κ1) is 13.8. The molecule has 5 nitrogen and oxygen atoms in total. The number of nitrogens with one attached hydrogen (secondary N) is 2. The van der Waals surface area contributed by atoms with Crippen molar-refractivity contribution in [2.75, 3.05) is 6.54 Å². The number of urea groups is 1. The van der Waals surface area contributed by atoms with E-state index < -0.39 is 5.91 Å². The van der Waals surface area contributed by atoms with Crippen molar-refractivity contribution in [3.63, 3.8) is 0 Å². The topological polar surface area (TPSA) is 84.2 Å². The Morgan fingerprint density at radius 1 is 1.29 bits per heavy atom. The second kappa shape index (κ2) is 6.47. The molecule has 0 bridgehead atoms. The van der Waals surface area contributed by atoms with Crippen molar-refractivity contribution in [2.24, 2.45) is 17.6 Å². The fourth-order valence-corrected chi connectivity index (χ4v) is 2.30. The summed E-state index contributed by atoms with van der Waals surface area (Å²) in [6.45, 7) is 4.71. The van der Waals surface area contributed by atoms with Crippen LogP contribution in [-0.2, 0) is 4.79 Å². The number of rotatable bonds is 4. The van der Waals surface area contributed by atoms with Gasteiger partial charge in [0.05, 0.1) is 0 Å². The fraction of sp³-hybridized carbons (Fsp3) is 0.833. The Hall–Kier alpha value is -1.26. The number of carbonyl (C=O) groups is 2. The van der Waals surface area contributed by atoms with Gasteiger partial charge < -0.3 is 16.4 Å². The van der Waals surface area contributed by atoms with Gasteiger partial charge in [-0.1, -0.05) is 26.7 Å². The quantitative estimate of drug-likeness (QED) is 0.685. The summed E-state index contributed by atoms with van der Waals surface area (Å²) in [7, 11) is 0.